The highest BCUT2D eigenvalue weighted by atomic mass is 35.5. The van der Waals surface area contributed by atoms with Gasteiger partial charge in [-0.1, -0.05) is 41.9 Å². The van der Waals surface area contributed by atoms with Crippen LogP contribution in [0.15, 0.2) is 91.4 Å². The molecule has 0 spiro atoms. The van der Waals surface area contributed by atoms with E-state index in [1.807, 2.05) is 77.6 Å². The van der Waals surface area contributed by atoms with E-state index in [0.717, 1.165) is 28.1 Å². The molecule has 1 amide bonds. The van der Waals surface area contributed by atoms with Crippen LogP contribution in [-0.2, 0) is 11.3 Å². The van der Waals surface area contributed by atoms with Crippen LogP contribution in [0.2, 0.25) is 5.02 Å². The van der Waals surface area contributed by atoms with Gasteiger partial charge in [0.15, 0.2) is 0 Å². The average Bonchev–Trinajstić information content (AvgIpc) is 3.23. The van der Waals surface area contributed by atoms with E-state index in [9.17, 15) is 4.79 Å². The zero-order valence-corrected chi connectivity index (χ0v) is 17.8. The smallest absolute Gasteiger partial charge is 0.246 e. The van der Waals surface area contributed by atoms with Gasteiger partial charge in [-0.25, -0.2) is 4.68 Å². The van der Waals surface area contributed by atoms with Crippen LogP contribution in [0.5, 0.6) is 0 Å². The number of para-hydroxylation sites is 1. The monoisotopic (exact) mass is 428 g/mol. The molecule has 0 fully saturated rings. The first-order valence-corrected chi connectivity index (χ1v) is 10.2. The van der Waals surface area contributed by atoms with Crippen molar-refractivity contribution in [2.24, 2.45) is 0 Å². The van der Waals surface area contributed by atoms with Crippen LogP contribution in [0.1, 0.15) is 11.1 Å². The van der Waals surface area contributed by atoms with Crippen LogP contribution in [0.4, 0.5) is 0 Å². The highest BCUT2D eigenvalue weighted by Gasteiger charge is 2.16. The van der Waals surface area contributed by atoms with Gasteiger partial charge in [0.25, 0.3) is 0 Å². The zero-order chi connectivity index (χ0) is 21.6. The molecule has 4 rings (SSSR count). The molecule has 154 valence electrons. The molecule has 5 nitrogen and oxygen atoms in total. The molecule has 0 bridgehead atoms. The first-order chi connectivity index (χ1) is 15.1. The number of rotatable bonds is 6. The Bertz CT molecular complexity index is 1190. The van der Waals surface area contributed by atoms with Crippen molar-refractivity contribution in [3.05, 3.63) is 108 Å². The highest BCUT2D eigenvalue weighted by Crippen LogP contribution is 2.26. The van der Waals surface area contributed by atoms with Gasteiger partial charge in [0.05, 0.1) is 11.4 Å². The molecule has 2 aromatic heterocycles. The molecular formula is C25H21ClN4O. The van der Waals surface area contributed by atoms with Gasteiger partial charge in [-0.05, 0) is 48.0 Å². The summed E-state index contributed by atoms with van der Waals surface area (Å²) in [7, 11) is 1.78. The van der Waals surface area contributed by atoms with Gasteiger partial charge in [0, 0.05) is 54.4 Å². The Hall–Kier alpha value is -3.70. The van der Waals surface area contributed by atoms with Crippen LogP contribution in [0.3, 0.4) is 0 Å². The van der Waals surface area contributed by atoms with Crippen LogP contribution >= 0.6 is 11.6 Å². The predicted octanol–water partition coefficient (Wildman–Crippen LogP) is 5.26. The van der Waals surface area contributed by atoms with Gasteiger partial charge in [-0.3, -0.25) is 9.78 Å². The number of carbonyl (C=O) groups excluding carboxylic acids is 1. The van der Waals surface area contributed by atoms with Crippen molar-refractivity contribution in [2.75, 3.05) is 7.05 Å². The van der Waals surface area contributed by atoms with Crippen molar-refractivity contribution >= 4 is 23.6 Å². The number of nitrogens with zero attached hydrogens (tertiary/aromatic N) is 4. The molecule has 0 saturated heterocycles. The fourth-order valence-corrected chi connectivity index (χ4v) is 3.32. The molecule has 0 unspecified atom stereocenters. The Balaban J connectivity index is 1.61. The number of pyridine rings is 1. The van der Waals surface area contributed by atoms with Crippen LogP contribution in [0.25, 0.3) is 23.0 Å². The minimum absolute atomic E-state index is 0.0914. The Morgan fingerprint density at radius 3 is 2.45 bits per heavy atom. The molecule has 2 heterocycles. The number of halogens is 1. The van der Waals surface area contributed by atoms with Gasteiger partial charge < -0.3 is 4.90 Å². The lowest BCUT2D eigenvalue weighted by atomic mass is 10.1. The molecular weight excluding hydrogens is 408 g/mol. The third-order valence-corrected chi connectivity index (χ3v) is 5.09. The lowest BCUT2D eigenvalue weighted by Gasteiger charge is -2.15. The number of amides is 1. The number of hydrogen-bond acceptors (Lipinski definition) is 3. The maximum atomic E-state index is 12.7. The topological polar surface area (TPSA) is 51.0 Å². The van der Waals surface area contributed by atoms with E-state index in [1.165, 1.54) is 0 Å². The summed E-state index contributed by atoms with van der Waals surface area (Å²) >= 11 is 6.06. The Morgan fingerprint density at radius 1 is 1.03 bits per heavy atom. The summed E-state index contributed by atoms with van der Waals surface area (Å²) in [5, 5.41) is 5.46. The molecule has 0 aliphatic carbocycles. The fourth-order valence-electron chi connectivity index (χ4n) is 3.19. The first-order valence-electron chi connectivity index (χ1n) is 9.83. The Morgan fingerprint density at radius 2 is 1.74 bits per heavy atom. The van der Waals surface area contributed by atoms with E-state index in [4.69, 9.17) is 16.7 Å². The van der Waals surface area contributed by atoms with Crippen molar-refractivity contribution < 1.29 is 4.79 Å². The lowest BCUT2D eigenvalue weighted by molar-refractivity contribution is -0.125. The maximum absolute atomic E-state index is 12.7. The van der Waals surface area contributed by atoms with E-state index in [-0.39, 0.29) is 5.91 Å². The van der Waals surface area contributed by atoms with Crippen molar-refractivity contribution in [1.29, 1.82) is 0 Å². The van der Waals surface area contributed by atoms with Gasteiger partial charge in [-0.15, -0.1) is 0 Å². The number of likely N-dealkylation sites (N-methyl/N-ethyl adjacent to an activating group) is 1. The normalized spacial score (nSPS) is 11.0. The van der Waals surface area contributed by atoms with Crippen molar-refractivity contribution in [3.8, 4) is 16.9 Å². The first kappa shape index (κ1) is 20.6. The molecule has 0 saturated carbocycles. The highest BCUT2D eigenvalue weighted by molar-refractivity contribution is 6.30. The second-order valence-electron chi connectivity index (χ2n) is 7.10. The molecule has 4 aromatic rings. The summed E-state index contributed by atoms with van der Waals surface area (Å²) < 4.78 is 1.84. The van der Waals surface area contributed by atoms with Crippen LogP contribution in [0, 0.1) is 0 Å². The zero-order valence-electron chi connectivity index (χ0n) is 17.0. The van der Waals surface area contributed by atoms with Gasteiger partial charge in [0.2, 0.25) is 5.91 Å². The van der Waals surface area contributed by atoms with Crippen LogP contribution in [-0.4, -0.2) is 32.6 Å². The molecule has 2 aromatic carbocycles. The van der Waals surface area contributed by atoms with Crippen molar-refractivity contribution in [3.63, 3.8) is 0 Å². The number of hydrogen-bond donors (Lipinski definition) is 0. The predicted molar refractivity (Wildman–Crippen MR) is 124 cm³/mol. The second kappa shape index (κ2) is 9.41. The number of benzene rings is 2. The maximum Gasteiger partial charge on any atom is 0.246 e. The van der Waals surface area contributed by atoms with Gasteiger partial charge in [-0.2, -0.15) is 5.10 Å². The van der Waals surface area contributed by atoms with Crippen molar-refractivity contribution in [1.82, 2.24) is 19.7 Å². The molecule has 0 atom stereocenters. The molecule has 31 heavy (non-hydrogen) atoms. The van der Waals surface area contributed by atoms with Gasteiger partial charge in [0.1, 0.15) is 0 Å². The van der Waals surface area contributed by atoms with Crippen LogP contribution < -0.4 is 0 Å². The molecule has 0 N–H and O–H groups in total. The Kier molecular flexibility index (Phi) is 6.24. The van der Waals surface area contributed by atoms with Crippen molar-refractivity contribution in [2.45, 2.75) is 6.54 Å². The minimum atomic E-state index is -0.0914. The molecule has 0 aliphatic rings. The van der Waals surface area contributed by atoms with E-state index >= 15 is 0 Å². The third-order valence-electron chi connectivity index (χ3n) is 4.84. The lowest BCUT2D eigenvalue weighted by Crippen LogP contribution is -2.24. The minimum Gasteiger partial charge on any atom is -0.338 e. The Labute approximate surface area is 186 Å². The van der Waals surface area contributed by atoms with E-state index in [2.05, 4.69) is 4.98 Å². The number of carbonyl (C=O) groups is 1. The summed E-state index contributed by atoms with van der Waals surface area (Å²) in [5.74, 6) is -0.0914. The molecule has 6 heteroatoms. The standard InChI is InChI=1S/C25H21ClN4O/c1-29(24(31)12-7-19-13-15-27-16-14-19)17-21-18-30(23-5-3-2-4-6-23)28-25(21)20-8-10-22(26)11-9-20/h2-16,18H,17H2,1H3/b12-7+. The fraction of sp³-hybridized carbons (Fsp3) is 0.0800. The van der Waals surface area contributed by atoms with E-state index in [1.54, 1.807) is 36.5 Å². The summed E-state index contributed by atoms with van der Waals surface area (Å²) in [4.78, 5) is 18.3. The third kappa shape index (κ3) is 5.08. The molecule has 0 radical (unpaired) electrons. The average molecular weight is 429 g/mol. The summed E-state index contributed by atoms with van der Waals surface area (Å²) in [5.41, 5.74) is 4.59. The quantitative estimate of drug-likeness (QED) is 0.393. The largest absolute Gasteiger partial charge is 0.338 e. The SMILES string of the molecule is CN(Cc1cn(-c2ccccc2)nc1-c1ccc(Cl)cc1)C(=O)/C=C/c1ccncc1. The molecule has 0 aliphatic heterocycles. The second-order valence-corrected chi connectivity index (χ2v) is 7.53. The number of aromatic nitrogens is 3. The van der Waals surface area contributed by atoms with E-state index < -0.39 is 0 Å². The summed E-state index contributed by atoms with van der Waals surface area (Å²) in [6.07, 6.45) is 8.72. The summed E-state index contributed by atoms with van der Waals surface area (Å²) in [6, 6.07) is 21.2. The van der Waals surface area contributed by atoms with Gasteiger partial charge >= 0.3 is 0 Å². The summed E-state index contributed by atoms with van der Waals surface area (Å²) in [6.45, 7) is 0.421. The van der Waals surface area contributed by atoms with E-state index in [0.29, 0.717) is 11.6 Å².